The van der Waals surface area contributed by atoms with Crippen LogP contribution >= 0.6 is 0 Å². The number of ether oxygens (including phenoxy) is 2. The molecule has 4 rings (SSSR count). The molecular weight excluding hydrogens is 344 g/mol. The van der Waals surface area contributed by atoms with E-state index >= 15 is 0 Å². The monoisotopic (exact) mass is 362 g/mol. The lowest BCUT2D eigenvalue weighted by atomic mass is 10.1. The van der Waals surface area contributed by atoms with Crippen LogP contribution in [0.1, 0.15) is 21.6 Å². The Morgan fingerprint density at radius 3 is 2.74 bits per heavy atom. The van der Waals surface area contributed by atoms with Crippen molar-refractivity contribution in [2.24, 2.45) is 0 Å². The van der Waals surface area contributed by atoms with Crippen molar-refractivity contribution in [3.63, 3.8) is 0 Å². The van der Waals surface area contributed by atoms with E-state index in [2.05, 4.69) is 20.6 Å². The van der Waals surface area contributed by atoms with E-state index in [0.717, 1.165) is 16.8 Å². The summed E-state index contributed by atoms with van der Waals surface area (Å²) in [6.45, 7) is 2.69. The predicted octanol–water partition coefficient (Wildman–Crippen LogP) is 3.19. The molecule has 0 atom stereocenters. The van der Waals surface area contributed by atoms with Gasteiger partial charge in [0.25, 0.3) is 5.91 Å². The number of anilines is 2. The van der Waals surface area contributed by atoms with Crippen molar-refractivity contribution in [1.29, 1.82) is 0 Å². The molecule has 136 valence electrons. The van der Waals surface area contributed by atoms with E-state index in [0.29, 0.717) is 23.9 Å². The van der Waals surface area contributed by atoms with E-state index in [9.17, 15) is 4.79 Å². The highest BCUT2D eigenvalue weighted by atomic mass is 16.7. The number of amides is 1. The number of carbonyl (C=O) groups is 1. The summed E-state index contributed by atoms with van der Waals surface area (Å²) in [7, 11) is 0. The van der Waals surface area contributed by atoms with Gasteiger partial charge in [0.1, 0.15) is 11.5 Å². The molecule has 0 radical (unpaired) electrons. The summed E-state index contributed by atoms with van der Waals surface area (Å²) in [5.41, 5.74) is 3.26. The number of aryl methyl sites for hydroxylation is 1. The molecule has 2 aromatic carbocycles. The summed E-state index contributed by atoms with van der Waals surface area (Å²) in [4.78, 5) is 20.7. The molecule has 1 aromatic heterocycles. The maximum Gasteiger partial charge on any atom is 0.271 e. The average molecular weight is 362 g/mol. The summed E-state index contributed by atoms with van der Waals surface area (Å²) in [5, 5.41) is 5.99. The lowest BCUT2D eigenvalue weighted by molar-refractivity contribution is 0.0945. The summed E-state index contributed by atoms with van der Waals surface area (Å²) in [6, 6.07) is 13.4. The fraction of sp³-hybridized carbons (Fsp3) is 0.150. The normalized spacial score (nSPS) is 11.9. The fourth-order valence-electron chi connectivity index (χ4n) is 2.71. The zero-order chi connectivity index (χ0) is 18.6. The second kappa shape index (κ2) is 7.33. The molecule has 2 N–H and O–H groups in total. The molecule has 0 saturated heterocycles. The number of nitrogens with zero attached hydrogens (tertiary/aromatic N) is 2. The Balaban J connectivity index is 1.38. The lowest BCUT2D eigenvalue weighted by Crippen LogP contribution is -2.24. The molecule has 0 aliphatic carbocycles. The zero-order valence-electron chi connectivity index (χ0n) is 14.7. The molecule has 1 aliphatic heterocycles. The van der Waals surface area contributed by atoms with Crippen molar-refractivity contribution in [2.75, 3.05) is 12.1 Å². The first-order valence-electron chi connectivity index (χ1n) is 8.50. The van der Waals surface area contributed by atoms with Crippen LogP contribution in [0, 0.1) is 6.92 Å². The molecular formula is C20H18N4O3. The van der Waals surface area contributed by atoms with Crippen molar-refractivity contribution in [3.8, 4) is 11.5 Å². The van der Waals surface area contributed by atoms with Crippen molar-refractivity contribution >= 4 is 17.4 Å². The molecule has 0 bridgehead atoms. The molecule has 7 nitrogen and oxygen atoms in total. The number of aromatic nitrogens is 2. The summed E-state index contributed by atoms with van der Waals surface area (Å²) >= 11 is 0. The van der Waals surface area contributed by atoms with Crippen molar-refractivity contribution in [1.82, 2.24) is 15.3 Å². The van der Waals surface area contributed by atoms with Gasteiger partial charge in [-0.05, 0) is 30.2 Å². The van der Waals surface area contributed by atoms with Crippen LogP contribution in [-0.4, -0.2) is 22.7 Å². The Bertz CT molecular complexity index is 973. The molecule has 1 amide bonds. The third kappa shape index (κ3) is 3.82. The largest absolute Gasteiger partial charge is 0.454 e. The Morgan fingerprint density at radius 2 is 1.93 bits per heavy atom. The number of benzene rings is 2. The molecule has 7 heteroatoms. The van der Waals surface area contributed by atoms with Crippen LogP contribution < -0.4 is 20.1 Å². The second-order valence-corrected chi connectivity index (χ2v) is 6.09. The van der Waals surface area contributed by atoms with Crippen molar-refractivity contribution < 1.29 is 14.3 Å². The number of carbonyl (C=O) groups excluding carboxylic acids is 1. The van der Waals surface area contributed by atoms with E-state index in [-0.39, 0.29) is 18.4 Å². The smallest absolute Gasteiger partial charge is 0.271 e. The first kappa shape index (κ1) is 16.8. The summed E-state index contributed by atoms with van der Waals surface area (Å²) in [6.07, 6.45) is 2.97. The molecule has 0 unspecified atom stereocenters. The third-order valence-corrected chi connectivity index (χ3v) is 4.23. The van der Waals surface area contributed by atoms with Crippen LogP contribution in [0.25, 0.3) is 0 Å². The van der Waals surface area contributed by atoms with Gasteiger partial charge in [0, 0.05) is 18.3 Å². The van der Waals surface area contributed by atoms with Gasteiger partial charge >= 0.3 is 0 Å². The number of fused-ring (bicyclic) bond motifs is 1. The highest BCUT2D eigenvalue weighted by Crippen LogP contribution is 2.34. The molecule has 1 aliphatic rings. The molecule has 2 heterocycles. The predicted molar refractivity (Wildman–Crippen MR) is 100 cm³/mol. The van der Waals surface area contributed by atoms with Gasteiger partial charge in [0.05, 0.1) is 12.4 Å². The first-order valence-corrected chi connectivity index (χ1v) is 8.50. The van der Waals surface area contributed by atoms with Gasteiger partial charge in [0.15, 0.2) is 11.5 Å². The van der Waals surface area contributed by atoms with Gasteiger partial charge in [-0.2, -0.15) is 0 Å². The highest BCUT2D eigenvalue weighted by Gasteiger charge is 2.14. The molecule has 0 fully saturated rings. The third-order valence-electron chi connectivity index (χ3n) is 4.23. The summed E-state index contributed by atoms with van der Waals surface area (Å²) < 4.78 is 10.6. The van der Waals surface area contributed by atoms with E-state index in [1.54, 1.807) is 0 Å². The van der Waals surface area contributed by atoms with Gasteiger partial charge in [-0.25, -0.2) is 9.97 Å². The minimum Gasteiger partial charge on any atom is -0.454 e. The van der Waals surface area contributed by atoms with Crippen LogP contribution in [0.5, 0.6) is 11.5 Å². The Labute approximate surface area is 156 Å². The van der Waals surface area contributed by atoms with Crippen LogP contribution in [0.15, 0.2) is 54.9 Å². The van der Waals surface area contributed by atoms with Crippen molar-refractivity contribution in [3.05, 3.63) is 71.7 Å². The minimum atomic E-state index is -0.264. The van der Waals surface area contributed by atoms with Crippen LogP contribution in [0.2, 0.25) is 0 Å². The zero-order valence-corrected chi connectivity index (χ0v) is 14.7. The average Bonchev–Trinajstić information content (AvgIpc) is 3.15. The van der Waals surface area contributed by atoms with Crippen LogP contribution in [-0.2, 0) is 6.54 Å². The second-order valence-electron chi connectivity index (χ2n) is 6.09. The highest BCUT2D eigenvalue weighted by molar-refractivity contribution is 5.92. The van der Waals surface area contributed by atoms with Gasteiger partial charge in [-0.1, -0.05) is 24.3 Å². The van der Waals surface area contributed by atoms with E-state index in [1.807, 2.05) is 49.4 Å². The molecule has 0 spiro atoms. The SMILES string of the molecule is Cc1ccccc1CNC(=O)c1cnc(Nc2ccc3c(c2)OCO3)cn1. The van der Waals surface area contributed by atoms with Gasteiger partial charge < -0.3 is 20.1 Å². The number of hydrogen-bond acceptors (Lipinski definition) is 6. The van der Waals surface area contributed by atoms with Gasteiger partial charge in [0.2, 0.25) is 6.79 Å². The van der Waals surface area contributed by atoms with E-state index in [1.165, 1.54) is 12.4 Å². The Hall–Kier alpha value is -3.61. The summed E-state index contributed by atoms with van der Waals surface area (Å²) in [5.74, 6) is 1.66. The topological polar surface area (TPSA) is 85.4 Å². The Morgan fingerprint density at radius 1 is 1.07 bits per heavy atom. The van der Waals surface area contributed by atoms with Crippen LogP contribution in [0.3, 0.4) is 0 Å². The molecule has 3 aromatic rings. The molecule has 27 heavy (non-hydrogen) atoms. The standard InChI is InChI=1S/C20H18N4O3/c1-13-4-2-3-5-14(13)9-23-20(25)16-10-22-19(11-21-16)24-15-6-7-17-18(8-15)27-12-26-17/h2-8,10-11H,9,12H2,1H3,(H,22,24)(H,23,25). The molecule has 0 saturated carbocycles. The van der Waals surface area contributed by atoms with Crippen LogP contribution in [0.4, 0.5) is 11.5 Å². The fourth-order valence-corrected chi connectivity index (χ4v) is 2.71. The van der Waals surface area contributed by atoms with Gasteiger partial charge in [-0.3, -0.25) is 4.79 Å². The number of nitrogens with one attached hydrogen (secondary N) is 2. The van der Waals surface area contributed by atoms with E-state index in [4.69, 9.17) is 9.47 Å². The number of rotatable bonds is 5. The minimum absolute atomic E-state index is 0.227. The number of hydrogen-bond donors (Lipinski definition) is 2. The van der Waals surface area contributed by atoms with E-state index < -0.39 is 0 Å². The lowest BCUT2D eigenvalue weighted by Gasteiger charge is -2.08. The quantitative estimate of drug-likeness (QED) is 0.725. The van der Waals surface area contributed by atoms with Crippen molar-refractivity contribution in [2.45, 2.75) is 13.5 Å². The maximum atomic E-state index is 12.3. The maximum absolute atomic E-state index is 12.3. The van der Waals surface area contributed by atoms with Gasteiger partial charge in [-0.15, -0.1) is 0 Å². The first-order chi connectivity index (χ1) is 13.2. The Kier molecular flexibility index (Phi) is 4.57.